The first-order valence-corrected chi connectivity index (χ1v) is 6.23. The molecule has 0 spiro atoms. The SMILES string of the molecule is C=C(C)CCC(NN)C1C(C)OC(C)C1C. The average molecular weight is 226 g/mol. The van der Waals surface area contributed by atoms with Gasteiger partial charge in [0.1, 0.15) is 0 Å². The van der Waals surface area contributed by atoms with E-state index in [9.17, 15) is 0 Å². The Morgan fingerprint density at radius 1 is 1.38 bits per heavy atom. The standard InChI is InChI=1S/C13H26N2O/c1-8(2)6-7-12(15-14)13-9(3)10(4)16-11(13)5/h9-13,15H,1,6-7,14H2,2-5H3. The van der Waals surface area contributed by atoms with E-state index in [1.54, 1.807) is 0 Å². The third-order valence-corrected chi connectivity index (χ3v) is 3.88. The minimum Gasteiger partial charge on any atom is -0.375 e. The zero-order valence-electron chi connectivity index (χ0n) is 11.0. The number of hydrogen-bond donors (Lipinski definition) is 2. The first kappa shape index (κ1) is 13.7. The van der Waals surface area contributed by atoms with Crippen LogP contribution in [0.25, 0.3) is 0 Å². The van der Waals surface area contributed by atoms with Crippen LogP contribution < -0.4 is 11.3 Å². The van der Waals surface area contributed by atoms with E-state index in [1.807, 2.05) is 0 Å². The highest BCUT2D eigenvalue weighted by Crippen LogP contribution is 2.35. The lowest BCUT2D eigenvalue weighted by atomic mass is 9.81. The smallest absolute Gasteiger partial charge is 0.0597 e. The van der Waals surface area contributed by atoms with Crippen molar-refractivity contribution in [1.29, 1.82) is 0 Å². The summed E-state index contributed by atoms with van der Waals surface area (Å²) in [6, 6.07) is 0.326. The van der Waals surface area contributed by atoms with Crippen molar-refractivity contribution in [3.8, 4) is 0 Å². The molecule has 1 saturated heterocycles. The van der Waals surface area contributed by atoms with Gasteiger partial charge in [0.15, 0.2) is 0 Å². The van der Waals surface area contributed by atoms with Gasteiger partial charge in [-0.2, -0.15) is 0 Å². The monoisotopic (exact) mass is 226 g/mol. The van der Waals surface area contributed by atoms with Gasteiger partial charge in [-0.25, -0.2) is 0 Å². The predicted molar refractivity (Wildman–Crippen MR) is 67.8 cm³/mol. The number of hydrogen-bond acceptors (Lipinski definition) is 3. The summed E-state index contributed by atoms with van der Waals surface area (Å²) in [5.41, 5.74) is 4.17. The molecule has 1 heterocycles. The van der Waals surface area contributed by atoms with E-state index >= 15 is 0 Å². The number of allylic oxidation sites excluding steroid dienone is 1. The molecule has 1 aliphatic rings. The first-order chi connectivity index (χ1) is 7.47. The molecule has 1 aliphatic heterocycles. The van der Waals surface area contributed by atoms with Crippen molar-refractivity contribution in [2.24, 2.45) is 17.7 Å². The van der Waals surface area contributed by atoms with Gasteiger partial charge in [0.2, 0.25) is 0 Å². The van der Waals surface area contributed by atoms with Crippen LogP contribution in [0.3, 0.4) is 0 Å². The Morgan fingerprint density at radius 3 is 2.38 bits per heavy atom. The van der Waals surface area contributed by atoms with Crippen molar-refractivity contribution in [2.75, 3.05) is 0 Å². The van der Waals surface area contributed by atoms with Crippen molar-refractivity contribution >= 4 is 0 Å². The molecule has 0 amide bonds. The quantitative estimate of drug-likeness (QED) is 0.429. The van der Waals surface area contributed by atoms with Crippen LogP contribution in [0.4, 0.5) is 0 Å². The van der Waals surface area contributed by atoms with E-state index < -0.39 is 0 Å². The topological polar surface area (TPSA) is 47.3 Å². The van der Waals surface area contributed by atoms with Crippen molar-refractivity contribution < 1.29 is 4.74 Å². The van der Waals surface area contributed by atoms with Crippen LogP contribution in [0.1, 0.15) is 40.5 Å². The molecule has 0 radical (unpaired) electrons. The normalized spacial score (nSPS) is 36.3. The Hall–Kier alpha value is -0.380. The van der Waals surface area contributed by atoms with Gasteiger partial charge in [-0.1, -0.05) is 12.5 Å². The Bertz CT molecular complexity index is 242. The molecule has 5 atom stereocenters. The van der Waals surface area contributed by atoms with E-state index in [4.69, 9.17) is 10.6 Å². The highest BCUT2D eigenvalue weighted by Gasteiger charge is 2.40. The molecule has 1 fully saturated rings. The van der Waals surface area contributed by atoms with E-state index in [0.717, 1.165) is 12.8 Å². The largest absolute Gasteiger partial charge is 0.375 e. The summed E-state index contributed by atoms with van der Waals surface area (Å²) in [5, 5.41) is 0. The maximum Gasteiger partial charge on any atom is 0.0597 e. The molecule has 3 heteroatoms. The summed E-state index contributed by atoms with van der Waals surface area (Å²) >= 11 is 0. The van der Waals surface area contributed by atoms with Crippen molar-refractivity contribution in [1.82, 2.24) is 5.43 Å². The summed E-state index contributed by atoms with van der Waals surface area (Å²) in [7, 11) is 0. The van der Waals surface area contributed by atoms with Crippen molar-refractivity contribution in [2.45, 2.75) is 58.8 Å². The summed E-state index contributed by atoms with van der Waals surface area (Å²) < 4.78 is 5.86. The molecule has 3 nitrogen and oxygen atoms in total. The minimum atomic E-state index is 0.288. The number of ether oxygens (including phenoxy) is 1. The molecule has 0 aliphatic carbocycles. The van der Waals surface area contributed by atoms with Crippen molar-refractivity contribution in [3.05, 3.63) is 12.2 Å². The lowest BCUT2D eigenvalue weighted by Gasteiger charge is -2.28. The van der Waals surface area contributed by atoms with Gasteiger partial charge in [0, 0.05) is 12.0 Å². The van der Waals surface area contributed by atoms with Crippen molar-refractivity contribution in [3.63, 3.8) is 0 Å². The van der Waals surface area contributed by atoms with Gasteiger partial charge in [0.05, 0.1) is 12.2 Å². The molecule has 0 aromatic carbocycles. The zero-order chi connectivity index (χ0) is 12.3. The van der Waals surface area contributed by atoms with Gasteiger partial charge >= 0.3 is 0 Å². The summed E-state index contributed by atoms with van der Waals surface area (Å²) in [4.78, 5) is 0. The fourth-order valence-electron chi connectivity index (χ4n) is 2.78. The second kappa shape index (κ2) is 5.80. The minimum absolute atomic E-state index is 0.288. The molecule has 0 aromatic heterocycles. The third-order valence-electron chi connectivity index (χ3n) is 3.88. The average Bonchev–Trinajstić information content (AvgIpc) is 2.45. The van der Waals surface area contributed by atoms with Crippen LogP contribution in [0, 0.1) is 11.8 Å². The van der Waals surface area contributed by atoms with Gasteiger partial charge in [-0.3, -0.25) is 11.3 Å². The lowest BCUT2D eigenvalue weighted by molar-refractivity contribution is 0.0472. The second-order valence-electron chi connectivity index (χ2n) is 5.25. The molecule has 5 unspecified atom stereocenters. The molecule has 0 saturated carbocycles. The fourth-order valence-corrected chi connectivity index (χ4v) is 2.78. The van der Waals surface area contributed by atoms with E-state index in [-0.39, 0.29) is 6.10 Å². The fraction of sp³-hybridized carbons (Fsp3) is 0.846. The molecule has 3 N–H and O–H groups in total. The molecule has 94 valence electrons. The van der Waals surface area contributed by atoms with Crippen LogP contribution in [-0.2, 0) is 4.74 Å². The number of hydrazine groups is 1. The van der Waals surface area contributed by atoms with Gasteiger partial charge in [0.25, 0.3) is 0 Å². The summed E-state index contributed by atoms with van der Waals surface area (Å²) in [6.45, 7) is 12.6. The molecule has 0 bridgehead atoms. The third kappa shape index (κ3) is 3.06. The Morgan fingerprint density at radius 2 is 2.00 bits per heavy atom. The molecule has 1 rings (SSSR count). The lowest BCUT2D eigenvalue weighted by Crippen LogP contribution is -2.45. The van der Waals surface area contributed by atoms with Gasteiger partial charge in [-0.15, -0.1) is 6.58 Å². The van der Waals surface area contributed by atoms with Crippen LogP contribution in [-0.4, -0.2) is 18.2 Å². The first-order valence-electron chi connectivity index (χ1n) is 6.23. The Balaban J connectivity index is 2.61. The molecule has 16 heavy (non-hydrogen) atoms. The zero-order valence-corrected chi connectivity index (χ0v) is 11.0. The maximum absolute atomic E-state index is 5.86. The summed E-state index contributed by atoms with van der Waals surface area (Å²) in [6.07, 6.45) is 2.69. The van der Waals surface area contributed by atoms with E-state index in [1.165, 1.54) is 5.57 Å². The molecular weight excluding hydrogens is 200 g/mol. The van der Waals surface area contributed by atoms with Gasteiger partial charge in [-0.05, 0) is 39.5 Å². The maximum atomic E-state index is 5.86. The highest BCUT2D eigenvalue weighted by atomic mass is 16.5. The molecular formula is C13H26N2O. The van der Waals surface area contributed by atoms with E-state index in [0.29, 0.717) is 24.0 Å². The number of nitrogens with one attached hydrogen (secondary N) is 1. The Labute approximate surface area is 99.4 Å². The van der Waals surface area contributed by atoms with Crippen LogP contribution in [0.2, 0.25) is 0 Å². The molecule has 0 aromatic rings. The van der Waals surface area contributed by atoms with Crippen LogP contribution >= 0.6 is 0 Å². The van der Waals surface area contributed by atoms with Crippen LogP contribution in [0.5, 0.6) is 0 Å². The highest BCUT2D eigenvalue weighted by molar-refractivity contribution is 4.95. The number of rotatable bonds is 5. The number of nitrogens with two attached hydrogens (primary N) is 1. The Kier molecular flexibility index (Phi) is 4.96. The van der Waals surface area contributed by atoms with Crippen LogP contribution in [0.15, 0.2) is 12.2 Å². The second-order valence-corrected chi connectivity index (χ2v) is 5.25. The van der Waals surface area contributed by atoms with E-state index in [2.05, 4.69) is 39.7 Å². The van der Waals surface area contributed by atoms with Gasteiger partial charge < -0.3 is 4.74 Å². The summed E-state index contributed by atoms with van der Waals surface area (Å²) in [5.74, 6) is 6.73. The predicted octanol–water partition coefficient (Wildman–Crippen LogP) is 2.23.